The average molecular weight is 273 g/mol. The van der Waals surface area contributed by atoms with Crippen LogP contribution in [0.4, 0.5) is 4.39 Å². The van der Waals surface area contributed by atoms with Crippen LogP contribution in [0.3, 0.4) is 0 Å². The molecule has 0 amide bonds. The van der Waals surface area contributed by atoms with Crippen molar-refractivity contribution in [2.24, 2.45) is 0 Å². The summed E-state index contributed by atoms with van der Waals surface area (Å²) in [5.74, 6) is -0.0194. The van der Waals surface area contributed by atoms with Crippen molar-refractivity contribution in [3.05, 3.63) is 65.0 Å². The fourth-order valence-corrected chi connectivity index (χ4v) is 2.20. The Labute approximate surface area is 119 Å². The van der Waals surface area contributed by atoms with Gasteiger partial charge in [0.2, 0.25) is 0 Å². The maximum Gasteiger partial charge on any atom is 0.165 e. The van der Waals surface area contributed by atoms with E-state index in [1.165, 1.54) is 17.2 Å². The van der Waals surface area contributed by atoms with Crippen molar-refractivity contribution in [1.29, 1.82) is 0 Å². The van der Waals surface area contributed by atoms with Gasteiger partial charge in [0, 0.05) is 0 Å². The summed E-state index contributed by atoms with van der Waals surface area (Å²) in [5.41, 5.74) is 3.35. The van der Waals surface area contributed by atoms with Crippen molar-refractivity contribution < 1.29 is 9.13 Å². The minimum absolute atomic E-state index is 0.0381. The van der Waals surface area contributed by atoms with Gasteiger partial charge in [-0.05, 0) is 49.7 Å². The molecule has 0 aromatic heterocycles. The average Bonchev–Trinajstić information content (AvgIpc) is 2.45. The number of hydrogen-bond acceptors (Lipinski definition) is 2. The third-order valence-electron chi connectivity index (χ3n) is 3.40. The highest BCUT2D eigenvalue weighted by molar-refractivity contribution is 5.31. The largest absolute Gasteiger partial charge is 0.489 e. The van der Waals surface area contributed by atoms with E-state index in [4.69, 9.17) is 4.74 Å². The molecule has 0 bridgehead atoms. The number of benzene rings is 2. The van der Waals surface area contributed by atoms with Crippen LogP contribution in [-0.2, 0) is 0 Å². The van der Waals surface area contributed by atoms with Gasteiger partial charge in [-0.1, -0.05) is 30.3 Å². The van der Waals surface area contributed by atoms with Crippen LogP contribution < -0.4 is 10.1 Å². The Morgan fingerprint density at radius 1 is 1.15 bits per heavy atom. The lowest BCUT2D eigenvalue weighted by molar-refractivity contribution is 0.261. The molecule has 0 spiro atoms. The smallest absolute Gasteiger partial charge is 0.165 e. The van der Waals surface area contributed by atoms with Crippen LogP contribution in [0.2, 0.25) is 0 Å². The third kappa shape index (κ3) is 3.36. The molecule has 2 aromatic carbocycles. The summed E-state index contributed by atoms with van der Waals surface area (Å²) in [5, 5.41) is 3.22. The Balaban J connectivity index is 2.12. The standard InChI is InChI=1S/C17H20FNO/c1-12-8-9-15(18)17(10-12)20-11-16(19-3)14-7-5-4-6-13(14)2/h4-10,16,19H,11H2,1-3H3. The van der Waals surface area contributed by atoms with E-state index in [0.29, 0.717) is 12.4 Å². The van der Waals surface area contributed by atoms with E-state index in [1.807, 2.05) is 26.1 Å². The fourth-order valence-electron chi connectivity index (χ4n) is 2.20. The molecular formula is C17H20FNO. The number of likely N-dealkylation sites (N-methyl/N-ethyl adjacent to an activating group) is 1. The minimum atomic E-state index is -0.324. The Morgan fingerprint density at radius 2 is 1.90 bits per heavy atom. The molecule has 0 fully saturated rings. The van der Waals surface area contributed by atoms with Gasteiger partial charge in [0.05, 0.1) is 6.04 Å². The van der Waals surface area contributed by atoms with Crippen LogP contribution >= 0.6 is 0 Å². The van der Waals surface area contributed by atoms with Crippen molar-refractivity contribution in [1.82, 2.24) is 5.32 Å². The molecule has 2 rings (SSSR count). The molecule has 0 radical (unpaired) electrons. The van der Waals surface area contributed by atoms with Gasteiger partial charge in [-0.3, -0.25) is 0 Å². The minimum Gasteiger partial charge on any atom is -0.489 e. The molecule has 2 aromatic rings. The molecule has 0 heterocycles. The van der Waals surface area contributed by atoms with Gasteiger partial charge in [0.15, 0.2) is 11.6 Å². The van der Waals surface area contributed by atoms with Gasteiger partial charge >= 0.3 is 0 Å². The number of ether oxygens (including phenoxy) is 1. The van der Waals surface area contributed by atoms with E-state index in [1.54, 1.807) is 12.1 Å². The Morgan fingerprint density at radius 3 is 2.60 bits per heavy atom. The zero-order valence-electron chi connectivity index (χ0n) is 12.1. The van der Waals surface area contributed by atoms with E-state index in [0.717, 1.165) is 5.56 Å². The summed E-state index contributed by atoms with van der Waals surface area (Å²) in [6.45, 7) is 4.37. The second-order valence-corrected chi connectivity index (χ2v) is 4.94. The van der Waals surface area contributed by atoms with E-state index < -0.39 is 0 Å². The molecule has 1 atom stereocenters. The summed E-state index contributed by atoms with van der Waals surface area (Å²) in [6, 6.07) is 13.1. The number of rotatable bonds is 5. The van der Waals surface area contributed by atoms with Crippen LogP contribution in [-0.4, -0.2) is 13.7 Å². The predicted molar refractivity (Wildman–Crippen MR) is 79.6 cm³/mol. The number of nitrogens with one attached hydrogen (secondary N) is 1. The van der Waals surface area contributed by atoms with Crippen LogP contribution in [0.5, 0.6) is 5.75 Å². The molecule has 1 N–H and O–H groups in total. The van der Waals surface area contributed by atoms with Crippen molar-refractivity contribution in [3.8, 4) is 5.75 Å². The predicted octanol–water partition coefficient (Wildman–Crippen LogP) is 3.78. The van der Waals surface area contributed by atoms with Gasteiger partial charge in [0.1, 0.15) is 6.61 Å². The zero-order chi connectivity index (χ0) is 14.5. The van der Waals surface area contributed by atoms with Crippen LogP contribution in [0.1, 0.15) is 22.7 Å². The second-order valence-electron chi connectivity index (χ2n) is 4.94. The molecule has 3 heteroatoms. The van der Waals surface area contributed by atoms with Crippen molar-refractivity contribution in [3.63, 3.8) is 0 Å². The quantitative estimate of drug-likeness (QED) is 0.895. The lowest BCUT2D eigenvalue weighted by Crippen LogP contribution is -2.24. The molecule has 0 aliphatic carbocycles. The summed E-state index contributed by atoms with van der Waals surface area (Å²) in [6.07, 6.45) is 0. The van der Waals surface area contributed by atoms with Crippen LogP contribution in [0, 0.1) is 19.7 Å². The fraction of sp³-hybridized carbons (Fsp3) is 0.294. The molecule has 106 valence electrons. The Hall–Kier alpha value is -1.87. The maximum atomic E-state index is 13.7. The highest BCUT2D eigenvalue weighted by Crippen LogP contribution is 2.22. The summed E-state index contributed by atoms with van der Waals surface area (Å²) < 4.78 is 19.3. The molecule has 0 saturated heterocycles. The lowest BCUT2D eigenvalue weighted by Gasteiger charge is -2.19. The van der Waals surface area contributed by atoms with E-state index in [-0.39, 0.29) is 11.9 Å². The monoisotopic (exact) mass is 273 g/mol. The van der Waals surface area contributed by atoms with E-state index in [9.17, 15) is 4.39 Å². The molecule has 0 saturated carbocycles. The Bertz CT molecular complexity index is 583. The van der Waals surface area contributed by atoms with Gasteiger partial charge in [-0.25, -0.2) is 4.39 Å². The summed E-state index contributed by atoms with van der Waals surface area (Å²) in [7, 11) is 1.88. The Kier molecular flexibility index (Phi) is 4.74. The molecule has 1 unspecified atom stereocenters. The third-order valence-corrected chi connectivity index (χ3v) is 3.40. The maximum absolute atomic E-state index is 13.7. The first-order valence-corrected chi connectivity index (χ1v) is 6.73. The second kappa shape index (κ2) is 6.53. The number of aryl methyl sites for hydroxylation is 2. The number of hydrogen-bond donors (Lipinski definition) is 1. The lowest BCUT2D eigenvalue weighted by atomic mass is 10.0. The van der Waals surface area contributed by atoms with Crippen molar-refractivity contribution in [2.75, 3.05) is 13.7 Å². The van der Waals surface area contributed by atoms with Gasteiger partial charge in [-0.2, -0.15) is 0 Å². The zero-order valence-corrected chi connectivity index (χ0v) is 12.1. The molecular weight excluding hydrogens is 253 g/mol. The first kappa shape index (κ1) is 14.5. The number of halogens is 1. The topological polar surface area (TPSA) is 21.3 Å². The van der Waals surface area contributed by atoms with Gasteiger partial charge in [0.25, 0.3) is 0 Å². The van der Waals surface area contributed by atoms with E-state index >= 15 is 0 Å². The van der Waals surface area contributed by atoms with Crippen LogP contribution in [0.25, 0.3) is 0 Å². The first-order valence-electron chi connectivity index (χ1n) is 6.73. The molecule has 0 aliphatic heterocycles. The summed E-state index contributed by atoms with van der Waals surface area (Å²) >= 11 is 0. The highest BCUT2D eigenvalue weighted by Gasteiger charge is 2.13. The normalized spacial score (nSPS) is 12.2. The SMILES string of the molecule is CNC(COc1cc(C)ccc1F)c1ccccc1C. The summed E-state index contributed by atoms with van der Waals surface area (Å²) in [4.78, 5) is 0. The van der Waals surface area contributed by atoms with Crippen LogP contribution in [0.15, 0.2) is 42.5 Å². The molecule has 20 heavy (non-hydrogen) atoms. The highest BCUT2D eigenvalue weighted by atomic mass is 19.1. The van der Waals surface area contributed by atoms with Gasteiger partial charge < -0.3 is 10.1 Å². The first-order chi connectivity index (χ1) is 9.61. The molecule has 2 nitrogen and oxygen atoms in total. The van der Waals surface area contributed by atoms with Crippen molar-refractivity contribution >= 4 is 0 Å². The van der Waals surface area contributed by atoms with Gasteiger partial charge in [-0.15, -0.1) is 0 Å². The van der Waals surface area contributed by atoms with E-state index in [2.05, 4.69) is 24.4 Å². The van der Waals surface area contributed by atoms with Crippen molar-refractivity contribution in [2.45, 2.75) is 19.9 Å². The molecule has 0 aliphatic rings.